The molecular weight excluding hydrogens is 314 g/mol. The van der Waals surface area contributed by atoms with Gasteiger partial charge in [0, 0.05) is 10.0 Å². The molecule has 0 spiro atoms. The summed E-state index contributed by atoms with van der Waals surface area (Å²) in [6, 6.07) is 13.8. The summed E-state index contributed by atoms with van der Waals surface area (Å²) in [7, 11) is 0. The Bertz CT molecular complexity index is 616. The van der Waals surface area contributed by atoms with Crippen LogP contribution in [0.25, 0.3) is 0 Å². The topological polar surface area (TPSA) is 29.1 Å². The van der Waals surface area contributed by atoms with Crippen LogP contribution in [0.1, 0.15) is 40.0 Å². The van der Waals surface area contributed by atoms with Crippen LogP contribution in [0.5, 0.6) is 0 Å². The molecule has 2 aromatic rings. The molecule has 2 nitrogen and oxygen atoms in total. The Hall–Kier alpha value is -1.61. The maximum absolute atomic E-state index is 12.3. The highest BCUT2D eigenvalue weighted by molar-refractivity contribution is 9.10. The van der Waals surface area contributed by atoms with Crippen LogP contribution in [0.2, 0.25) is 0 Å². The molecule has 2 rings (SSSR count). The molecular formula is C17H18BrNO. The summed E-state index contributed by atoms with van der Waals surface area (Å²) in [5, 5.41) is 3.04. The van der Waals surface area contributed by atoms with Crippen molar-refractivity contribution in [2.45, 2.75) is 26.8 Å². The summed E-state index contributed by atoms with van der Waals surface area (Å²) in [6.07, 6.45) is 0. The van der Waals surface area contributed by atoms with Gasteiger partial charge in [0.25, 0.3) is 5.91 Å². The number of aryl methyl sites for hydroxylation is 2. The molecule has 0 bridgehead atoms. The van der Waals surface area contributed by atoms with E-state index >= 15 is 0 Å². The first kappa shape index (κ1) is 14.8. The SMILES string of the molecule is Cc1cc(C)cc(C(=O)NC(C)c2ccccc2Br)c1. The summed E-state index contributed by atoms with van der Waals surface area (Å²) >= 11 is 3.51. The van der Waals surface area contributed by atoms with Crippen molar-refractivity contribution >= 4 is 21.8 Å². The van der Waals surface area contributed by atoms with E-state index in [9.17, 15) is 4.79 Å². The normalized spacial score (nSPS) is 12.0. The minimum Gasteiger partial charge on any atom is -0.345 e. The Labute approximate surface area is 128 Å². The van der Waals surface area contributed by atoms with Crippen molar-refractivity contribution in [1.29, 1.82) is 0 Å². The van der Waals surface area contributed by atoms with E-state index in [0.29, 0.717) is 5.56 Å². The monoisotopic (exact) mass is 331 g/mol. The third-order valence-electron chi connectivity index (χ3n) is 3.20. The first-order valence-electron chi connectivity index (χ1n) is 6.61. The van der Waals surface area contributed by atoms with Crippen molar-refractivity contribution in [3.8, 4) is 0 Å². The van der Waals surface area contributed by atoms with Crippen molar-refractivity contribution in [3.63, 3.8) is 0 Å². The smallest absolute Gasteiger partial charge is 0.251 e. The highest BCUT2D eigenvalue weighted by atomic mass is 79.9. The zero-order valence-corrected chi connectivity index (χ0v) is 13.5. The van der Waals surface area contributed by atoms with Crippen LogP contribution in [0, 0.1) is 13.8 Å². The van der Waals surface area contributed by atoms with Gasteiger partial charge < -0.3 is 5.32 Å². The van der Waals surface area contributed by atoms with E-state index in [1.807, 2.05) is 57.2 Å². The van der Waals surface area contributed by atoms with Crippen LogP contribution in [0.3, 0.4) is 0 Å². The number of benzene rings is 2. The van der Waals surface area contributed by atoms with Gasteiger partial charge in [0.1, 0.15) is 0 Å². The Balaban J connectivity index is 2.17. The van der Waals surface area contributed by atoms with Crippen LogP contribution in [-0.4, -0.2) is 5.91 Å². The molecule has 0 fully saturated rings. The molecule has 20 heavy (non-hydrogen) atoms. The van der Waals surface area contributed by atoms with Gasteiger partial charge >= 0.3 is 0 Å². The molecule has 0 radical (unpaired) electrons. The number of amides is 1. The average Bonchev–Trinajstić information content (AvgIpc) is 2.37. The van der Waals surface area contributed by atoms with Crippen LogP contribution in [-0.2, 0) is 0 Å². The van der Waals surface area contributed by atoms with Crippen molar-refractivity contribution < 1.29 is 4.79 Å². The Kier molecular flexibility index (Phi) is 4.61. The molecule has 0 saturated heterocycles. The molecule has 0 heterocycles. The predicted octanol–water partition coefficient (Wildman–Crippen LogP) is 4.56. The fraction of sp³-hybridized carbons (Fsp3) is 0.235. The summed E-state index contributed by atoms with van der Waals surface area (Å²) in [4.78, 5) is 12.3. The molecule has 1 N–H and O–H groups in total. The van der Waals surface area contributed by atoms with Gasteiger partial charge in [0.15, 0.2) is 0 Å². The van der Waals surface area contributed by atoms with Gasteiger partial charge in [-0.05, 0) is 44.5 Å². The van der Waals surface area contributed by atoms with Crippen LogP contribution in [0.15, 0.2) is 46.9 Å². The summed E-state index contributed by atoms with van der Waals surface area (Å²) in [6.45, 7) is 5.99. The molecule has 0 aromatic heterocycles. The van der Waals surface area contributed by atoms with Gasteiger partial charge in [0.2, 0.25) is 0 Å². The van der Waals surface area contributed by atoms with Gasteiger partial charge in [0.05, 0.1) is 6.04 Å². The highest BCUT2D eigenvalue weighted by Gasteiger charge is 2.13. The third-order valence-corrected chi connectivity index (χ3v) is 3.93. The van der Waals surface area contributed by atoms with E-state index < -0.39 is 0 Å². The summed E-state index contributed by atoms with van der Waals surface area (Å²) in [5.74, 6) is -0.0416. The minimum absolute atomic E-state index is 0.0416. The Morgan fingerprint density at radius 3 is 2.30 bits per heavy atom. The molecule has 3 heteroatoms. The lowest BCUT2D eigenvalue weighted by Crippen LogP contribution is -2.27. The van der Waals surface area contributed by atoms with Gasteiger partial charge in [-0.15, -0.1) is 0 Å². The number of hydrogen-bond donors (Lipinski definition) is 1. The number of nitrogens with one attached hydrogen (secondary N) is 1. The van der Waals surface area contributed by atoms with Crippen molar-refractivity contribution in [3.05, 3.63) is 69.2 Å². The Morgan fingerprint density at radius 2 is 1.70 bits per heavy atom. The van der Waals surface area contributed by atoms with E-state index in [4.69, 9.17) is 0 Å². The number of halogens is 1. The van der Waals surface area contributed by atoms with E-state index in [2.05, 4.69) is 27.3 Å². The number of carbonyl (C=O) groups is 1. The van der Waals surface area contributed by atoms with Gasteiger partial charge in [-0.3, -0.25) is 4.79 Å². The number of hydrogen-bond acceptors (Lipinski definition) is 1. The predicted molar refractivity (Wildman–Crippen MR) is 85.9 cm³/mol. The standard InChI is InChI=1S/C17H18BrNO/c1-11-8-12(2)10-14(9-11)17(20)19-13(3)15-6-4-5-7-16(15)18/h4-10,13H,1-3H3,(H,19,20). The molecule has 1 amide bonds. The van der Waals surface area contributed by atoms with Gasteiger partial charge in [-0.2, -0.15) is 0 Å². The van der Waals surface area contributed by atoms with Crippen LogP contribution >= 0.6 is 15.9 Å². The van der Waals surface area contributed by atoms with Gasteiger partial charge in [-0.25, -0.2) is 0 Å². The first-order chi connectivity index (χ1) is 9.47. The second kappa shape index (κ2) is 6.23. The Morgan fingerprint density at radius 1 is 1.10 bits per heavy atom. The van der Waals surface area contributed by atoms with Crippen molar-refractivity contribution in [2.24, 2.45) is 0 Å². The maximum atomic E-state index is 12.3. The second-order valence-electron chi connectivity index (χ2n) is 5.09. The first-order valence-corrected chi connectivity index (χ1v) is 7.40. The zero-order chi connectivity index (χ0) is 14.7. The molecule has 0 aliphatic rings. The fourth-order valence-electron chi connectivity index (χ4n) is 2.29. The lowest BCUT2D eigenvalue weighted by Gasteiger charge is -2.16. The maximum Gasteiger partial charge on any atom is 0.251 e. The van der Waals surface area contributed by atoms with E-state index in [1.54, 1.807) is 0 Å². The molecule has 104 valence electrons. The zero-order valence-electron chi connectivity index (χ0n) is 11.9. The van der Waals surface area contributed by atoms with Crippen LogP contribution < -0.4 is 5.32 Å². The van der Waals surface area contributed by atoms with E-state index in [1.165, 1.54) is 0 Å². The molecule has 0 aliphatic carbocycles. The number of carbonyl (C=O) groups excluding carboxylic acids is 1. The second-order valence-corrected chi connectivity index (χ2v) is 5.95. The van der Waals surface area contributed by atoms with Gasteiger partial charge in [-0.1, -0.05) is 51.3 Å². The summed E-state index contributed by atoms with van der Waals surface area (Å²) < 4.78 is 1.01. The third kappa shape index (κ3) is 3.48. The fourth-order valence-corrected chi connectivity index (χ4v) is 2.92. The number of rotatable bonds is 3. The highest BCUT2D eigenvalue weighted by Crippen LogP contribution is 2.23. The van der Waals surface area contributed by atoms with Crippen molar-refractivity contribution in [1.82, 2.24) is 5.32 Å². The minimum atomic E-state index is -0.0427. The average molecular weight is 332 g/mol. The van der Waals surface area contributed by atoms with E-state index in [0.717, 1.165) is 21.2 Å². The molecule has 0 aliphatic heterocycles. The molecule has 1 unspecified atom stereocenters. The molecule has 0 saturated carbocycles. The summed E-state index contributed by atoms with van der Waals surface area (Å²) in [5.41, 5.74) is 3.99. The molecule has 1 atom stereocenters. The quantitative estimate of drug-likeness (QED) is 0.877. The lowest BCUT2D eigenvalue weighted by molar-refractivity contribution is 0.0939. The lowest BCUT2D eigenvalue weighted by atomic mass is 10.1. The van der Waals surface area contributed by atoms with Crippen LogP contribution in [0.4, 0.5) is 0 Å². The molecule has 2 aromatic carbocycles. The van der Waals surface area contributed by atoms with Crippen molar-refractivity contribution in [2.75, 3.05) is 0 Å². The largest absolute Gasteiger partial charge is 0.345 e. The van der Waals surface area contributed by atoms with E-state index in [-0.39, 0.29) is 11.9 Å².